The molecule has 0 spiro atoms. The molecule has 0 radical (unpaired) electrons. The summed E-state index contributed by atoms with van der Waals surface area (Å²) in [5.74, 6) is -0.140. The number of phenolic OH excluding ortho intramolecular Hbond substituents is 1. The highest BCUT2D eigenvalue weighted by molar-refractivity contribution is 6.31. The zero-order chi connectivity index (χ0) is 11.7. The van der Waals surface area contributed by atoms with Crippen LogP contribution in [0.1, 0.15) is 6.42 Å². The van der Waals surface area contributed by atoms with Crippen LogP contribution in [0.3, 0.4) is 0 Å². The van der Waals surface area contributed by atoms with Crippen molar-refractivity contribution in [1.29, 1.82) is 0 Å². The topological polar surface area (TPSA) is 60.8 Å². The lowest BCUT2D eigenvalue weighted by Crippen LogP contribution is -2.24. The zero-order valence-corrected chi connectivity index (χ0v) is 9.31. The first kappa shape index (κ1) is 11.2. The number of phenols is 1. The van der Waals surface area contributed by atoms with Crippen LogP contribution in [-0.2, 0) is 4.79 Å². The molecule has 1 aromatic rings. The van der Waals surface area contributed by atoms with Gasteiger partial charge in [0.2, 0.25) is 5.91 Å². The number of hydrogen-bond donors (Lipinski definition) is 2. The van der Waals surface area contributed by atoms with Crippen LogP contribution < -0.4 is 4.90 Å². The molecule has 0 aromatic heterocycles. The van der Waals surface area contributed by atoms with E-state index in [1.54, 1.807) is 12.1 Å². The monoisotopic (exact) mass is 241 g/mol. The summed E-state index contributed by atoms with van der Waals surface area (Å²) in [6.07, 6.45) is 0.308. The first-order valence-corrected chi connectivity index (χ1v) is 5.39. The van der Waals surface area contributed by atoms with Gasteiger partial charge in [0.1, 0.15) is 5.75 Å². The summed E-state index contributed by atoms with van der Waals surface area (Å²) in [5, 5.41) is 19.1. The maximum atomic E-state index is 11.7. The Balaban J connectivity index is 2.30. The van der Waals surface area contributed by atoms with Gasteiger partial charge in [-0.15, -0.1) is 0 Å². The van der Waals surface area contributed by atoms with Crippen LogP contribution >= 0.6 is 11.6 Å². The number of aliphatic hydroxyl groups is 1. The van der Waals surface area contributed by atoms with Crippen molar-refractivity contribution in [3.05, 3.63) is 23.2 Å². The van der Waals surface area contributed by atoms with E-state index in [1.165, 1.54) is 11.0 Å². The summed E-state index contributed by atoms with van der Waals surface area (Å²) < 4.78 is 0. The van der Waals surface area contributed by atoms with Crippen molar-refractivity contribution in [1.82, 2.24) is 0 Å². The van der Waals surface area contributed by atoms with E-state index in [0.717, 1.165) is 0 Å². The second-order valence-electron chi connectivity index (χ2n) is 3.89. The SMILES string of the molecule is O=C1CC(CO)CN1c1cc(Cl)ccc1O. The molecule has 0 bridgehead atoms. The molecule has 0 saturated carbocycles. The van der Waals surface area contributed by atoms with Crippen molar-refractivity contribution in [3.8, 4) is 5.75 Å². The van der Waals surface area contributed by atoms with E-state index in [9.17, 15) is 9.90 Å². The predicted octanol–water partition coefficient (Wildman–Crippen LogP) is 1.39. The Labute approximate surface area is 98.1 Å². The van der Waals surface area contributed by atoms with Crippen LogP contribution in [0.15, 0.2) is 18.2 Å². The first-order valence-electron chi connectivity index (χ1n) is 5.01. The summed E-state index contributed by atoms with van der Waals surface area (Å²) in [5.41, 5.74) is 0.411. The number of aliphatic hydroxyl groups excluding tert-OH is 1. The summed E-state index contributed by atoms with van der Waals surface area (Å²) >= 11 is 5.81. The third kappa shape index (κ3) is 1.99. The van der Waals surface area contributed by atoms with E-state index in [-0.39, 0.29) is 24.2 Å². The fourth-order valence-corrected chi connectivity index (χ4v) is 2.02. The minimum atomic E-state index is -0.100. The third-order valence-corrected chi connectivity index (χ3v) is 2.93. The highest BCUT2D eigenvalue weighted by Crippen LogP contribution is 2.34. The first-order chi connectivity index (χ1) is 7.61. The van der Waals surface area contributed by atoms with E-state index in [0.29, 0.717) is 23.7 Å². The van der Waals surface area contributed by atoms with Crippen LogP contribution in [0.2, 0.25) is 5.02 Å². The van der Waals surface area contributed by atoms with Gasteiger partial charge in [-0.05, 0) is 18.2 Å². The molecule has 86 valence electrons. The largest absolute Gasteiger partial charge is 0.506 e. The number of nitrogens with zero attached hydrogens (tertiary/aromatic N) is 1. The lowest BCUT2D eigenvalue weighted by molar-refractivity contribution is -0.117. The van der Waals surface area contributed by atoms with Gasteiger partial charge in [0.05, 0.1) is 5.69 Å². The van der Waals surface area contributed by atoms with E-state index >= 15 is 0 Å². The summed E-state index contributed by atoms with van der Waals surface area (Å²) in [7, 11) is 0. The van der Waals surface area contributed by atoms with Crippen molar-refractivity contribution in [2.45, 2.75) is 6.42 Å². The van der Waals surface area contributed by atoms with Crippen molar-refractivity contribution in [3.63, 3.8) is 0 Å². The summed E-state index contributed by atoms with van der Waals surface area (Å²) in [6.45, 7) is 0.396. The minimum Gasteiger partial charge on any atom is -0.506 e. The fourth-order valence-electron chi connectivity index (χ4n) is 1.85. The molecular weight excluding hydrogens is 230 g/mol. The fraction of sp³-hybridized carbons (Fsp3) is 0.364. The second kappa shape index (κ2) is 4.31. The van der Waals surface area contributed by atoms with Gasteiger partial charge in [-0.25, -0.2) is 0 Å². The third-order valence-electron chi connectivity index (χ3n) is 2.69. The molecule has 5 heteroatoms. The average molecular weight is 242 g/mol. The standard InChI is InChI=1S/C11H12ClNO3/c12-8-1-2-10(15)9(4-8)13-5-7(6-14)3-11(13)16/h1-2,4,7,14-15H,3,5-6H2. The quantitative estimate of drug-likeness (QED) is 0.823. The molecule has 1 aliphatic rings. The Bertz CT molecular complexity index is 422. The van der Waals surface area contributed by atoms with Gasteiger partial charge in [-0.2, -0.15) is 0 Å². The Hall–Kier alpha value is -1.26. The molecular formula is C11H12ClNO3. The second-order valence-corrected chi connectivity index (χ2v) is 4.33. The van der Waals surface area contributed by atoms with Crippen LogP contribution in [0, 0.1) is 5.92 Å². The number of rotatable bonds is 2. The maximum absolute atomic E-state index is 11.7. The molecule has 2 N–H and O–H groups in total. The maximum Gasteiger partial charge on any atom is 0.227 e. The number of anilines is 1. The molecule has 4 nitrogen and oxygen atoms in total. The van der Waals surface area contributed by atoms with Crippen LogP contribution in [-0.4, -0.2) is 29.3 Å². The minimum absolute atomic E-state index is 0.0242. The van der Waals surface area contributed by atoms with Gasteiger partial charge < -0.3 is 15.1 Å². The normalized spacial score (nSPS) is 20.5. The predicted molar refractivity (Wildman–Crippen MR) is 60.7 cm³/mol. The van der Waals surface area contributed by atoms with Gasteiger partial charge in [0, 0.05) is 30.5 Å². The number of amides is 1. The van der Waals surface area contributed by atoms with E-state index < -0.39 is 0 Å². The molecule has 1 amide bonds. The number of halogens is 1. The van der Waals surface area contributed by atoms with Crippen LogP contribution in [0.5, 0.6) is 5.75 Å². The number of aromatic hydroxyl groups is 1. The smallest absolute Gasteiger partial charge is 0.227 e. The molecule has 16 heavy (non-hydrogen) atoms. The lowest BCUT2D eigenvalue weighted by Gasteiger charge is -2.17. The Morgan fingerprint density at radius 1 is 1.50 bits per heavy atom. The van der Waals surface area contributed by atoms with Crippen LogP contribution in [0.4, 0.5) is 5.69 Å². The van der Waals surface area contributed by atoms with E-state index in [1.807, 2.05) is 0 Å². The van der Waals surface area contributed by atoms with Crippen LogP contribution in [0.25, 0.3) is 0 Å². The molecule has 1 aromatic carbocycles. The molecule has 1 heterocycles. The zero-order valence-electron chi connectivity index (χ0n) is 8.56. The number of carbonyl (C=O) groups excluding carboxylic acids is 1. The van der Waals surface area contributed by atoms with Gasteiger partial charge in [0.15, 0.2) is 0 Å². The number of hydrogen-bond acceptors (Lipinski definition) is 3. The Morgan fingerprint density at radius 2 is 2.25 bits per heavy atom. The molecule has 1 atom stereocenters. The Morgan fingerprint density at radius 3 is 2.88 bits per heavy atom. The molecule has 1 saturated heterocycles. The summed E-state index contributed by atoms with van der Waals surface area (Å²) in [4.78, 5) is 13.1. The lowest BCUT2D eigenvalue weighted by atomic mass is 10.1. The molecule has 1 aliphatic heterocycles. The van der Waals surface area contributed by atoms with Crippen molar-refractivity contribution < 1.29 is 15.0 Å². The van der Waals surface area contributed by atoms with Gasteiger partial charge >= 0.3 is 0 Å². The van der Waals surface area contributed by atoms with E-state index in [2.05, 4.69) is 0 Å². The molecule has 2 rings (SSSR count). The molecule has 0 aliphatic carbocycles. The number of benzene rings is 1. The van der Waals surface area contributed by atoms with Gasteiger partial charge in [-0.3, -0.25) is 4.79 Å². The van der Waals surface area contributed by atoms with Crippen molar-refractivity contribution in [2.24, 2.45) is 5.92 Å². The molecule has 1 unspecified atom stereocenters. The van der Waals surface area contributed by atoms with Crippen molar-refractivity contribution in [2.75, 3.05) is 18.1 Å². The van der Waals surface area contributed by atoms with E-state index in [4.69, 9.17) is 16.7 Å². The highest BCUT2D eigenvalue weighted by Gasteiger charge is 2.31. The van der Waals surface area contributed by atoms with Gasteiger partial charge in [0.25, 0.3) is 0 Å². The average Bonchev–Trinajstić information content (AvgIpc) is 2.63. The number of carbonyl (C=O) groups is 1. The van der Waals surface area contributed by atoms with Crippen molar-refractivity contribution >= 4 is 23.2 Å². The highest BCUT2D eigenvalue weighted by atomic mass is 35.5. The summed E-state index contributed by atoms with van der Waals surface area (Å²) in [6, 6.07) is 4.57. The molecule has 1 fully saturated rings. The Kier molecular flexibility index (Phi) is 3.03. The van der Waals surface area contributed by atoms with Gasteiger partial charge in [-0.1, -0.05) is 11.6 Å².